The van der Waals surface area contributed by atoms with Crippen molar-refractivity contribution in [2.24, 2.45) is 5.92 Å². The van der Waals surface area contributed by atoms with E-state index < -0.39 is 12.0 Å². The van der Waals surface area contributed by atoms with Crippen molar-refractivity contribution in [3.05, 3.63) is 94.8 Å². The van der Waals surface area contributed by atoms with Crippen molar-refractivity contribution in [2.75, 3.05) is 20.8 Å². The van der Waals surface area contributed by atoms with Gasteiger partial charge in [-0.1, -0.05) is 63.2 Å². The standard InChI is InChI=1S/C32H43N3O4/c1-7-39-27-10-8-9-25(21-27)28(35-33-5)19-22-11-13-23(14-12-22)20-29(31(37)38-6)34-30(36)24-15-17-26(18-16-24)32(2,3)4/h8,10-18,21,25,28-29,33,35H,7,9,19-20H2,1-6H3,(H,34,36). The van der Waals surface area contributed by atoms with Crippen LogP contribution in [0, 0.1) is 5.92 Å². The zero-order valence-electron chi connectivity index (χ0n) is 24.0. The summed E-state index contributed by atoms with van der Waals surface area (Å²) >= 11 is 0. The highest BCUT2D eigenvalue weighted by atomic mass is 16.5. The molecule has 0 bridgehead atoms. The van der Waals surface area contributed by atoms with Gasteiger partial charge < -0.3 is 14.8 Å². The normalized spacial score (nSPS) is 16.7. The van der Waals surface area contributed by atoms with E-state index in [1.54, 1.807) is 12.1 Å². The number of carbonyl (C=O) groups excluding carboxylic acids is 2. The molecule has 0 fully saturated rings. The Morgan fingerprint density at radius 2 is 1.64 bits per heavy atom. The summed E-state index contributed by atoms with van der Waals surface area (Å²) in [7, 11) is 3.21. The Kier molecular flexibility index (Phi) is 10.9. The maximum absolute atomic E-state index is 12.9. The third-order valence-corrected chi connectivity index (χ3v) is 6.95. The lowest BCUT2D eigenvalue weighted by Crippen LogP contribution is -2.44. The van der Waals surface area contributed by atoms with Gasteiger partial charge in [0.05, 0.1) is 13.7 Å². The zero-order chi connectivity index (χ0) is 28.4. The second-order valence-corrected chi connectivity index (χ2v) is 10.9. The maximum atomic E-state index is 12.9. The first kappa shape index (κ1) is 30.1. The SMILES string of the molecule is CCOC1=CC(C(Cc2ccc(CC(NC(=O)c3ccc(C(C)(C)C)cc3)C(=O)OC)cc2)NNC)CC=C1. The molecule has 0 saturated carbocycles. The van der Waals surface area contributed by atoms with Crippen molar-refractivity contribution >= 4 is 11.9 Å². The van der Waals surface area contributed by atoms with Crippen molar-refractivity contribution in [3.8, 4) is 0 Å². The number of methoxy groups -OCH3 is 1. The number of hydrogen-bond donors (Lipinski definition) is 3. The van der Waals surface area contributed by atoms with Crippen molar-refractivity contribution in [3.63, 3.8) is 0 Å². The molecule has 2 aromatic rings. The number of rotatable bonds is 12. The van der Waals surface area contributed by atoms with E-state index in [0.717, 1.165) is 29.7 Å². The van der Waals surface area contributed by atoms with Gasteiger partial charge in [0, 0.05) is 23.9 Å². The molecular weight excluding hydrogens is 490 g/mol. The summed E-state index contributed by atoms with van der Waals surface area (Å²) in [5, 5.41) is 2.86. The predicted molar refractivity (Wildman–Crippen MR) is 155 cm³/mol. The predicted octanol–water partition coefficient (Wildman–Crippen LogP) is 4.63. The summed E-state index contributed by atoms with van der Waals surface area (Å²) in [4.78, 5) is 25.5. The van der Waals surface area contributed by atoms with Crippen LogP contribution in [-0.4, -0.2) is 44.7 Å². The van der Waals surface area contributed by atoms with Crippen molar-refractivity contribution in [1.82, 2.24) is 16.2 Å². The Bertz CT molecular complexity index is 1150. The molecule has 3 atom stereocenters. The average Bonchev–Trinajstić information content (AvgIpc) is 2.93. The van der Waals surface area contributed by atoms with Crippen molar-refractivity contribution in [2.45, 2.75) is 64.5 Å². The van der Waals surface area contributed by atoms with E-state index in [0.29, 0.717) is 24.5 Å². The van der Waals surface area contributed by atoms with E-state index in [-0.39, 0.29) is 17.4 Å². The van der Waals surface area contributed by atoms with Gasteiger partial charge in [0.1, 0.15) is 11.8 Å². The highest BCUT2D eigenvalue weighted by molar-refractivity contribution is 5.96. The molecule has 0 aliphatic heterocycles. The summed E-state index contributed by atoms with van der Waals surface area (Å²) in [6, 6.07) is 15.1. The van der Waals surface area contributed by atoms with E-state index in [2.05, 4.69) is 61.2 Å². The minimum Gasteiger partial charge on any atom is -0.494 e. The van der Waals surface area contributed by atoms with Gasteiger partial charge in [-0.3, -0.25) is 15.6 Å². The summed E-state index contributed by atoms with van der Waals surface area (Å²) in [5.74, 6) is 0.428. The molecule has 3 unspecified atom stereocenters. The Hall–Kier alpha value is -3.42. The summed E-state index contributed by atoms with van der Waals surface area (Å²) in [6.45, 7) is 9.01. The van der Waals surface area contributed by atoms with Crippen LogP contribution in [0.25, 0.3) is 0 Å². The van der Waals surface area contributed by atoms with Gasteiger partial charge in [-0.2, -0.15) is 0 Å². The van der Waals surface area contributed by atoms with Gasteiger partial charge in [0.25, 0.3) is 5.91 Å². The van der Waals surface area contributed by atoms with Crippen molar-refractivity contribution in [1.29, 1.82) is 0 Å². The molecule has 0 spiro atoms. The molecule has 1 aliphatic carbocycles. The minimum absolute atomic E-state index is 0.00455. The molecule has 7 heteroatoms. The first-order valence-electron chi connectivity index (χ1n) is 13.6. The fourth-order valence-corrected chi connectivity index (χ4v) is 4.71. The molecule has 3 rings (SSSR count). The maximum Gasteiger partial charge on any atom is 0.328 e. The topological polar surface area (TPSA) is 88.7 Å². The third-order valence-electron chi connectivity index (χ3n) is 6.95. The number of hydrogen-bond acceptors (Lipinski definition) is 6. The molecule has 1 amide bonds. The number of esters is 1. The molecule has 1 aliphatic rings. The largest absolute Gasteiger partial charge is 0.494 e. The summed E-state index contributed by atoms with van der Waals surface area (Å²) in [6.07, 6.45) is 8.47. The Balaban J connectivity index is 1.66. The number of ether oxygens (including phenoxy) is 2. The second-order valence-electron chi connectivity index (χ2n) is 10.9. The molecule has 2 aromatic carbocycles. The molecule has 0 aromatic heterocycles. The van der Waals surface area contributed by atoms with Crippen LogP contribution < -0.4 is 16.2 Å². The Labute approximate surface area is 233 Å². The lowest BCUT2D eigenvalue weighted by molar-refractivity contribution is -0.142. The molecular formula is C32H43N3O4. The van der Waals surface area contributed by atoms with Crippen LogP contribution in [0.1, 0.15) is 61.2 Å². The van der Waals surface area contributed by atoms with Crippen molar-refractivity contribution < 1.29 is 19.1 Å². The minimum atomic E-state index is -0.787. The molecule has 0 heterocycles. The lowest BCUT2D eigenvalue weighted by Gasteiger charge is -2.27. The molecule has 0 radical (unpaired) electrons. The highest BCUT2D eigenvalue weighted by Crippen LogP contribution is 2.24. The fraction of sp³-hybridized carbons (Fsp3) is 0.438. The van der Waals surface area contributed by atoms with E-state index in [4.69, 9.17) is 9.47 Å². The van der Waals surface area contributed by atoms with Crippen LogP contribution in [0.15, 0.2) is 72.5 Å². The van der Waals surface area contributed by atoms with Gasteiger partial charge >= 0.3 is 5.97 Å². The van der Waals surface area contributed by atoms with Gasteiger partial charge in [0.15, 0.2) is 0 Å². The number of nitrogens with one attached hydrogen (secondary N) is 3. The monoisotopic (exact) mass is 533 g/mol. The number of amides is 1. The highest BCUT2D eigenvalue weighted by Gasteiger charge is 2.24. The van der Waals surface area contributed by atoms with Gasteiger partial charge in [-0.15, -0.1) is 0 Å². The van der Waals surface area contributed by atoms with Crippen LogP contribution >= 0.6 is 0 Å². The van der Waals surface area contributed by atoms with Crippen LogP contribution in [-0.2, 0) is 32.5 Å². The first-order valence-corrected chi connectivity index (χ1v) is 13.6. The zero-order valence-corrected chi connectivity index (χ0v) is 24.0. The van der Waals surface area contributed by atoms with Gasteiger partial charge in [-0.25, -0.2) is 4.79 Å². The van der Waals surface area contributed by atoms with E-state index in [9.17, 15) is 9.59 Å². The van der Waals surface area contributed by atoms with Crippen LogP contribution in [0.2, 0.25) is 0 Å². The fourth-order valence-electron chi connectivity index (χ4n) is 4.71. The average molecular weight is 534 g/mol. The summed E-state index contributed by atoms with van der Waals surface area (Å²) in [5.41, 5.74) is 10.2. The number of carbonyl (C=O) groups is 2. The Morgan fingerprint density at radius 3 is 2.21 bits per heavy atom. The van der Waals surface area contributed by atoms with E-state index in [1.807, 2.05) is 44.3 Å². The van der Waals surface area contributed by atoms with E-state index >= 15 is 0 Å². The third kappa shape index (κ3) is 8.80. The van der Waals surface area contributed by atoms with Crippen LogP contribution in [0.5, 0.6) is 0 Å². The first-order chi connectivity index (χ1) is 18.6. The number of allylic oxidation sites excluding steroid dienone is 2. The molecule has 0 saturated heterocycles. The lowest BCUT2D eigenvalue weighted by atomic mass is 9.86. The molecule has 210 valence electrons. The van der Waals surface area contributed by atoms with E-state index in [1.165, 1.54) is 12.7 Å². The van der Waals surface area contributed by atoms with Crippen LogP contribution in [0.4, 0.5) is 0 Å². The van der Waals surface area contributed by atoms with Crippen LogP contribution in [0.3, 0.4) is 0 Å². The van der Waals surface area contributed by atoms with Gasteiger partial charge in [-0.05, 0) is 73.2 Å². The molecule has 39 heavy (non-hydrogen) atoms. The quantitative estimate of drug-likeness (QED) is 0.272. The Morgan fingerprint density at radius 1 is 1.00 bits per heavy atom. The summed E-state index contributed by atoms with van der Waals surface area (Å²) < 4.78 is 10.7. The molecule has 7 nitrogen and oxygen atoms in total. The smallest absolute Gasteiger partial charge is 0.328 e. The van der Waals surface area contributed by atoms with Gasteiger partial charge in [0.2, 0.25) is 0 Å². The molecule has 3 N–H and O–H groups in total. The number of benzene rings is 2. The second kappa shape index (κ2) is 14.1. The number of hydrazine groups is 1.